The maximum Gasteiger partial charge on any atom is 0.271 e. The van der Waals surface area contributed by atoms with Crippen LogP contribution in [0.3, 0.4) is 0 Å². The molecule has 0 saturated heterocycles. The van der Waals surface area contributed by atoms with Crippen molar-refractivity contribution in [2.45, 2.75) is 26.4 Å². The third-order valence-corrected chi connectivity index (χ3v) is 3.24. The van der Waals surface area contributed by atoms with E-state index in [0.29, 0.717) is 18.1 Å². The van der Waals surface area contributed by atoms with Crippen LogP contribution in [0, 0.1) is 0 Å². The molecule has 0 amide bonds. The van der Waals surface area contributed by atoms with Crippen LogP contribution in [0.2, 0.25) is 5.02 Å². The van der Waals surface area contributed by atoms with Crippen molar-refractivity contribution in [2.24, 2.45) is 0 Å². The lowest BCUT2D eigenvalue weighted by atomic mass is 10.1. The summed E-state index contributed by atoms with van der Waals surface area (Å²) in [6, 6.07) is 9.31. The van der Waals surface area contributed by atoms with Crippen molar-refractivity contribution >= 4 is 11.6 Å². The Morgan fingerprint density at radius 3 is 2.60 bits per heavy atom. The quantitative estimate of drug-likeness (QED) is 0.921. The Hall–Kier alpha value is -1.65. The number of aryl methyl sites for hydroxylation is 1. The van der Waals surface area contributed by atoms with Crippen molar-refractivity contribution in [2.75, 3.05) is 7.05 Å². The van der Waals surface area contributed by atoms with Gasteiger partial charge in [-0.2, -0.15) is 5.10 Å². The van der Waals surface area contributed by atoms with Crippen LogP contribution < -0.4 is 10.9 Å². The van der Waals surface area contributed by atoms with Crippen LogP contribution in [0.5, 0.6) is 0 Å². The number of aromatic nitrogens is 2. The minimum Gasteiger partial charge on any atom is -0.315 e. The Morgan fingerprint density at radius 2 is 2.00 bits per heavy atom. The fourth-order valence-electron chi connectivity index (χ4n) is 2.04. The maximum absolute atomic E-state index is 12.2. The molecule has 0 aliphatic heterocycles. The van der Waals surface area contributed by atoms with E-state index < -0.39 is 0 Å². The zero-order valence-corrected chi connectivity index (χ0v) is 12.4. The second kappa shape index (κ2) is 6.68. The lowest BCUT2D eigenvalue weighted by Gasteiger charge is -2.10. The molecule has 106 valence electrons. The van der Waals surface area contributed by atoms with Crippen molar-refractivity contribution in [1.82, 2.24) is 15.1 Å². The highest BCUT2D eigenvalue weighted by molar-refractivity contribution is 6.30. The molecule has 1 aromatic carbocycles. The van der Waals surface area contributed by atoms with E-state index in [1.165, 1.54) is 4.68 Å². The zero-order valence-electron chi connectivity index (χ0n) is 11.7. The van der Waals surface area contributed by atoms with E-state index in [0.717, 1.165) is 23.2 Å². The highest BCUT2D eigenvalue weighted by Gasteiger charge is 2.09. The Morgan fingerprint density at radius 1 is 1.30 bits per heavy atom. The normalized spacial score (nSPS) is 10.8. The van der Waals surface area contributed by atoms with E-state index in [-0.39, 0.29) is 5.56 Å². The summed E-state index contributed by atoms with van der Waals surface area (Å²) >= 11 is 5.90. The summed E-state index contributed by atoms with van der Waals surface area (Å²) in [7, 11) is 1.83. The summed E-state index contributed by atoms with van der Waals surface area (Å²) in [6.45, 7) is 3.18. The molecule has 0 saturated carbocycles. The standard InChI is InChI=1S/C15H18ClN3O/c1-3-8-19-15(20)12(10-17-2)9-14(18-19)11-4-6-13(16)7-5-11/h4-7,9,17H,3,8,10H2,1-2H3. The lowest BCUT2D eigenvalue weighted by molar-refractivity contribution is 0.561. The number of halogens is 1. The first kappa shape index (κ1) is 14.8. The third kappa shape index (κ3) is 3.26. The highest BCUT2D eigenvalue weighted by Crippen LogP contribution is 2.19. The van der Waals surface area contributed by atoms with Crippen molar-refractivity contribution in [3.8, 4) is 11.3 Å². The minimum atomic E-state index is -0.0288. The molecular weight excluding hydrogens is 274 g/mol. The van der Waals surface area contributed by atoms with E-state index in [4.69, 9.17) is 11.6 Å². The lowest BCUT2D eigenvalue weighted by Crippen LogP contribution is -2.28. The molecule has 5 heteroatoms. The summed E-state index contributed by atoms with van der Waals surface area (Å²) in [5, 5.41) is 8.14. The highest BCUT2D eigenvalue weighted by atomic mass is 35.5. The molecule has 4 nitrogen and oxygen atoms in total. The number of hydrogen-bond acceptors (Lipinski definition) is 3. The van der Waals surface area contributed by atoms with Gasteiger partial charge in [0, 0.05) is 29.2 Å². The number of hydrogen-bond donors (Lipinski definition) is 1. The van der Waals surface area contributed by atoms with Crippen LogP contribution in [-0.4, -0.2) is 16.8 Å². The van der Waals surface area contributed by atoms with Gasteiger partial charge in [-0.25, -0.2) is 4.68 Å². The molecular formula is C15H18ClN3O. The van der Waals surface area contributed by atoms with E-state index in [2.05, 4.69) is 10.4 Å². The van der Waals surface area contributed by atoms with Gasteiger partial charge in [-0.1, -0.05) is 30.7 Å². The van der Waals surface area contributed by atoms with E-state index in [1.807, 2.05) is 44.3 Å². The molecule has 0 atom stereocenters. The van der Waals surface area contributed by atoms with Crippen LogP contribution in [0.1, 0.15) is 18.9 Å². The van der Waals surface area contributed by atoms with E-state index in [1.54, 1.807) is 0 Å². The predicted molar refractivity (Wildman–Crippen MR) is 82.0 cm³/mol. The SMILES string of the molecule is CCCn1nc(-c2ccc(Cl)cc2)cc(CNC)c1=O. The summed E-state index contributed by atoms with van der Waals surface area (Å²) in [4.78, 5) is 12.2. The Balaban J connectivity index is 2.52. The Labute approximate surface area is 123 Å². The predicted octanol–water partition coefficient (Wildman–Crippen LogP) is 2.69. The first-order valence-electron chi connectivity index (χ1n) is 6.67. The topological polar surface area (TPSA) is 46.9 Å². The number of nitrogens with zero attached hydrogens (tertiary/aromatic N) is 2. The molecule has 2 aromatic rings. The average Bonchev–Trinajstić information content (AvgIpc) is 2.44. The summed E-state index contributed by atoms with van der Waals surface area (Å²) in [6.07, 6.45) is 0.871. The Kier molecular flexibility index (Phi) is 4.93. The van der Waals surface area contributed by atoms with Gasteiger partial charge in [0.1, 0.15) is 0 Å². The van der Waals surface area contributed by atoms with Gasteiger partial charge in [0.05, 0.1) is 5.69 Å². The molecule has 1 aromatic heterocycles. The monoisotopic (exact) mass is 291 g/mol. The fourth-order valence-corrected chi connectivity index (χ4v) is 2.17. The molecule has 1 heterocycles. The number of nitrogens with one attached hydrogen (secondary N) is 1. The molecule has 0 radical (unpaired) electrons. The zero-order chi connectivity index (χ0) is 14.5. The largest absolute Gasteiger partial charge is 0.315 e. The molecule has 1 N–H and O–H groups in total. The van der Waals surface area contributed by atoms with Gasteiger partial charge < -0.3 is 5.32 Å². The molecule has 0 spiro atoms. The van der Waals surface area contributed by atoms with Crippen molar-refractivity contribution in [1.29, 1.82) is 0 Å². The van der Waals surface area contributed by atoms with Crippen LogP contribution in [0.4, 0.5) is 0 Å². The average molecular weight is 292 g/mol. The maximum atomic E-state index is 12.2. The van der Waals surface area contributed by atoms with Gasteiger partial charge in [0.15, 0.2) is 0 Å². The smallest absolute Gasteiger partial charge is 0.271 e. The summed E-state index contributed by atoms with van der Waals surface area (Å²) in [5.74, 6) is 0. The van der Waals surface area contributed by atoms with Gasteiger partial charge in [-0.3, -0.25) is 4.79 Å². The van der Waals surface area contributed by atoms with Crippen molar-refractivity contribution in [3.05, 3.63) is 51.3 Å². The van der Waals surface area contributed by atoms with Crippen LogP contribution in [0.15, 0.2) is 35.1 Å². The molecule has 0 unspecified atom stereocenters. The number of benzene rings is 1. The van der Waals surface area contributed by atoms with E-state index >= 15 is 0 Å². The molecule has 0 aliphatic rings. The molecule has 0 bridgehead atoms. The van der Waals surface area contributed by atoms with Gasteiger partial charge >= 0.3 is 0 Å². The fraction of sp³-hybridized carbons (Fsp3) is 0.333. The summed E-state index contributed by atoms with van der Waals surface area (Å²) in [5.41, 5.74) is 2.44. The second-order valence-corrected chi connectivity index (χ2v) is 5.06. The first-order valence-corrected chi connectivity index (χ1v) is 7.05. The molecule has 20 heavy (non-hydrogen) atoms. The first-order chi connectivity index (χ1) is 9.65. The van der Waals surface area contributed by atoms with Crippen molar-refractivity contribution < 1.29 is 0 Å². The van der Waals surface area contributed by atoms with Crippen molar-refractivity contribution in [3.63, 3.8) is 0 Å². The van der Waals surface area contributed by atoms with Crippen LogP contribution >= 0.6 is 11.6 Å². The molecule has 0 aliphatic carbocycles. The Bertz CT molecular complexity index is 604. The van der Waals surface area contributed by atoms with E-state index in [9.17, 15) is 4.79 Å². The van der Waals surface area contributed by atoms with Crippen LogP contribution in [0.25, 0.3) is 11.3 Å². The third-order valence-electron chi connectivity index (χ3n) is 2.99. The molecule has 2 rings (SSSR count). The van der Waals surface area contributed by atoms with Gasteiger partial charge in [0.25, 0.3) is 5.56 Å². The minimum absolute atomic E-state index is 0.0288. The number of rotatable bonds is 5. The van der Waals surface area contributed by atoms with Gasteiger partial charge in [-0.15, -0.1) is 0 Å². The van der Waals surface area contributed by atoms with Gasteiger partial charge in [-0.05, 0) is 31.7 Å². The van der Waals surface area contributed by atoms with Crippen LogP contribution in [-0.2, 0) is 13.1 Å². The molecule has 0 fully saturated rings. The summed E-state index contributed by atoms with van der Waals surface area (Å²) < 4.78 is 1.54. The van der Waals surface area contributed by atoms with Gasteiger partial charge in [0.2, 0.25) is 0 Å². The second-order valence-electron chi connectivity index (χ2n) is 4.62.